The highest BCUT2D eigenvalue weighted by Gasteiger charge is 2.60. The van der Waals surface area contributed by atoms with E-state index in [-0.39, 0.29) is 30.8 Å². The molecule has 39 heavy (non-hydrogen) atoms. The summed E-state index contributed by atoms with van der Waals surface area (Å²) in [7, 11) is 0. The Hall–Kier alpha value is -2.80. The molecule has 0 spiro atoms. The lowest BCUT2D eigenvalue weighted by Gasteiger charge is -2.45. The molecule has 2 saturated carbocycles. The SMILES string of the molecule is C=C1C(=O)OC2CC(=C)C3C(OC(C)=O)CC(C)(OC4OC(COC(C)=O)C(O)C(O)C4OC(C)=O)C3CC12. The highest BCUT2D eigenvalue weighted by molar-refractivity contribution is 5.90. The Morgan fingerprint density at radius 3 is 2.33 bits per heavy atom. The molecule has 12 nitrogen and oxygen atoms in total. The van der Waals surface area contributed by atoms with Crippen molar-refractivity contribution in [3.63, 3.8) is 0 Å². The van der Waals surface area contributed by atoms with Gasteiger partial charge < -0.3 is 38.6 Å². The van der Waals surface area contributed by atoms with E-state index in [4.69, 9.17) is 28.4 Å². The van der Waals surface area contributed by atoms with Gasteiger partial charge in [-0.25, -0.2) is 4.79 Å². The quantitative estimate of drug-likeness (QED) is 0.206. The lowest BCUT2D eigenvalue weighted by Crippen LogP contribution is -2.62. The third-order valence-corrected chi connectivity index (χ3v) is 8.18. The van der Waals surface area contributed by atoms with Crippen molar-refractivity contribution in [1.29, 1.82) is 0 Å². The Morgan fingerprint density at radius 2 is 1.72 bits per heavy atom. The van der Waals surface area contributed by atoms with E-state index in [2.05, 4.69) is 13.2 Å². The number of fused-ring (bicyclic) bond motifs is 2. The van der Waals surface area contributed by atoms with Crippen LogP contribution in [0.25, 0.3) is 0 Å². The van der Waals surface area contributed by atoms with Crippen LogP contribution in [0.4, 0.5) is 0 Å². The normalized spacial score (nSPS) is 41.6. The van der Waals surface area contributed by atoms with E-state index in [0.29, 0.717) is 18.4 Å². The lowest BCUT2D eigenvalue weighted by atomic mass is 9.78. The second-order valence-corrected chi connectivity index (χ2v) is 11.0. The molecule has 0 aromatic rings. The highest BCUT2D eigenvalue weighted by Crippen LogP contribution is 2.56. The molecule has 0 aromatic heterocycles. The largest absolute Gasteiger partial charge is 0.463 e. The van der Waals surface area contributed by atoms with Gasteiger partial charge in [0.15, 0.2) is 12.4 Å². The fraction of sp³-hybridized carbons (Fsp3) is 0.704. The number of ether oxygens (including phenoxy) is 6. The van der Waals surface area contributed by atoms with Crippen molar-refractivity contribution in [2.45, 2.75) is 95.5 Å². The zero-order valence-electron chi connectivity index (χ0n) is 22.5. The smallest absolute Gasteiger partial charge is 0.334 e. The van der Waals surface area contributed by atoms with Crippen molar-refractivity contribution in [3.05, 3.63) is 24.3 Å². The number of carbonyl (C=O) groups is 4. The molecule has 2 saturated heterocycles. The van der Waals surface area contributed by atoms with E-state index in [1.165, 1.54) is 13.8 Å². The second-order valence-electron chi connectivity index (χ2n) is 11.0. The maximum absolute atomic E-state index is 12.3. The van der Waals surface area contributed by atoms with Gasteiger partial charge in [0.05, 0.1) is 5.60 Å². The molecule has 2 aliphatic heterocycles. The molecule has 2 N–H and O–H groups in total. The van der Waals surface area contributed by atoms with Crippen LogP contribution in [-0.2, 0) is 47.6 Å². The Morgan fingerprint density at radius 1 is 1.05 bits per heavy atom. The first-order valence-electron chi connectivity index (χ1n) is 13.0. The maximum Gasteiger partial charge on any atom is 0.334 e. The molecule has 4 aliphatic rings. The van der Waals surface area contributed by atoms with Gasteiger partial charge in [0.2, 0.25) is 0 Å². The molecule has 0 radical (unpaired) electrons. The van der Waals surface area contributed by atoms with E-state index >= 15 is 0 Å². The Kier molecular flexibility index (Phi) is 8.23. The number of carbonyl (C=O) groups excluding carboxylic acids is 4. The lowest BCUT2D eigenvalue weighted by molar-refractivity contribution is -0.331. The van der Waals surface area contributed by atoms with Crippen molar-refractivity contribution in [2.24, 2.45) is 17.8 Å². The summed E-state index contributed by atoms with van der Waals surface area (Å²) < 4.78 is 34.0. The first kappa shape index (κ1) is 29.2. The van der Waals surface area contributed by atoms with Gasteiger partial charge in [0, 0.05) is 51.0 Å². The van der Waals surface area contributed by atoms with Crippen molar-refractivity contribution < 1.29 is 57.8 Å². The van der Waals surface area contributed by atoms with Crippen LogP contribution in [0.2, 0.25) is 0 Å². The summed E-state index contributed by atoms with van der Waals surface area (Å²) in [6, 6.07) is 0. The molecule has 4 fully saturated rings. The monoisotopic (exact) mass is 552 g/mol. The Bertz CT molecular complexity index is 1050. The number of aliphatic hydroxyl groups excluding tert-OH is 2. The van der Waals surface area contributed by atoms with E-state index in [0.717, 1.165) is 12.5 Å². The van der Waals surface area contributed by atoms with Crippen LogP contribution in [0.1, 0.15) is 47.0 Å². The molecule has 2 heterocycles. The molecule has 11 atom stereocenters. The maximum atomic E-state index is 12.3. The zero-order valence-corrected chi connectivity index (χ0v) is 22.5. The van der Waals surface area contributed by atoms with Crippen LogP contribution in [0, 0.1) is 17.8 Å². The van der Waals surface area contributed by atoms with Crippen molar-refractivity contribution >= 4 is 23.9 Å². The van der Waals surface area contributed by atoms with Crippen LogP contribution in [0.15, 0.2) is 24.3 Å². The summed E-state index contributed by atoms with van der Waals surface area (Å²) in [5.41, 5.74) is -0.0257. The van der Waals surface area contributed by atoms with Crippen LogP contribution in [-0.4, -0.2) is 89.2 Å². The highest BCUT2D eigenvalue weighted by atomic mass is 16.7. The van der Waals surface area contributed by atoms with Gasteiger partial charge in [-0.2, -0.15) is 0 Å². The number of esters is 4. The van der Waals surface area contributed by atoms with Gasteiger partial charge in [-0.3, -0.25) is 14.4 Å². The predicted octanol–water partition coefficient (Wildman–Crippen LogP) is 0.719. The molecule has 2 aliphatic carbocycles. The van der Waals surface area contributed by atoms with Crippen LogP contribution in [0.5, 0.6) is 0 Å². The van der Waals surface area contributed by atoms with Crippen molar-refractivity contribution in [3.8, 4) is 0 Å². The first-order chi connectivity index (χ1) is 18.2. The van der Waals surface area contributed by atoms with Gasteiger partial charge >= 0.3 is 23.9 Å². The third-order valence-electron chi connectivity index (χ3n) is 8.18. The fourth-order valence-electron chi connectivity index (χ4n) is 6.46. The molecule has 12 heteroatoms. The van der Waals surface area contributed by atoms with Gasteiger partial charge in [0.1, 0.15) is 37.1 Å². The molecular formula is C27H36O12. The summed E-state index contributed by atoms with van der Waals surface area (Å²) in [6.45, 7) is 13.2. The minimum atomic E-state index is -1.62. The molecule has 0 aromatic carbocycles. The third kappa shape index (κ3) is 5.74. The van der Waals surface area contributed by atoms with E-state index in [9.17, 15) is 29.4 Å². The zero-order chi connectivity index (χ0) is 28.8. The van der Waals surface area contributed by atoms with Gasteiger partial charge in [0.25, 0.3) is 0 Å². The predicted molar refractivity (Wildman–Crippen MR) is 130 cm³/mol. The first-order valence-corrected chi connectivity index (χ1v) is 13.0. The Labute approximate surface area is 226 Å². The van der Waals surface area contributed by atoms with Crippen LogP contribution >= 0.6 is 0 Å². The van der Waals surface area contributed by atoms with Gasteiger partial charge in [-0.05, 0) is 19.3 Å². The van der Waals surface area contributed by atoms with Crippen LogP contribution < -0.4 is 0 Å². The standard InChI is InChI=1S/C27H36O12/c1-11-7-18-16(12(2)25(33)37-18)8-17-21(11)19(35-14(4)29)9-27(17,6)39-26-24(36-15(5)30)23(32)22(31)20(38-26)10-34-13(3)28/h16-24,26,31-32H,1-2,7-10H2,3-6H3. The molecule has 11 unspecified atom stereocenters. The average molecular weight is 553 g/mol. The minimum Gasteiger partial charge on any atom is -0.463 e. The van der Waals surface area contributed by atoms with Crippen molar-refractivity contribution in [2.75, 3.05) is 6.61 Å². The minimum absolute atomic E-state index is 0.208. The number of hydrogen-bond acceptors (Lipinski definition) is 12. The van der Waals surface area contributed by atoms with E-state index < -0.39 is 72.4 Å². The summed E-state index contributed by atoms with van der Waals surface area (Å²) in [4.78, 5) is 47.6. The molecule has 0 bridgehead atoms. The number of aliphatic hydroxyl groups is 2. The number of rotatable bonds is 6. The van der Waals surface area contributed by atoms with Crippen LogP contribution in [0.3, 0.4) is 0 Å². The molecule has 216 valence electrons. The summed E-state index contributed by atoms with van der Waals surface area (Å²) in [5, 5.41) is 21.4. The van der Waals surface area contributed by atoms with E-state index in [1.807, 2.05) is 0 Å². The summed E-state index contributed by atoms with van der Waals surface area (Å²) >= 11 is 0. The van der Waals surface area contributed by atoms with Gasteiger partial charge in [-0.1, -0.05) is 18.7 Å². The molecule has 4 rings (SSSR count). The summed E-state index contributed by atoms with van der Waals surface area (Å²) in [6.07, 6.45) is -7.22. The molecule has 0 amide bonds. The number of hydrogen-bond donors (Lipinski definition) is 2. The van der Waals surface area contributed by atoms with Gasteiger partial charge in [-0.15, -0.1) is 0 Å². The second kappa shape index (κ2) is 11.0. The van der Waals surface area contributed by atoms with E-state index in [1.54, 1.807) is 6.92 Å². The fourth-order valence-corrected chi connectivity index (χ4v) is 6.46. The summed E-state index contributed by atoms with van der Waals surface area (Å²) in [5.74, 6) is -3.34. The topological polar surface area (TPSA) is 164 Å². The molecular weight excluding hydrogens is 516 g/mol. The van der Waals surface area contributed by atoms with Crippen molar-refractivity contribution in [1.82, 2.24) is 0 Å². The Balaban J connectivity index is 1.68. The average Bonchev–Trinajstić information content (AvgIpc) is 3.17.